The lowest BCUT2D eigenvalue weighted by atomic mass is 10.1. The van der Waals surface area contributed by atoms with Crippen LogP contribution in [-0.4, -0.2) is 6.29 Å². The highest BCUT2D eigenvalue weighted by Gasteiger charge is 1.91. The predicted octanol–water partition coefficient (Wildman–Crippen LogP) is 7.00. The molecule has 0 heterocycles. The van der Waals surface area contributed by atoms with Crippen LogP contribution in [-0.2, 0) is 4.79 Å². The van der Waals surface area contributed by atoms with E-state index in [2.05, 4.69) is 19.1 Å². The number of allylic oxidation sites excluding steroid dienone is 2. The fourth-order valence-corrected chi connectivity index (χ4v) is 2.65. The molecule has 0 aliphatic rings. The first kappa shape index (κ1) is 20.4. The van der Waals surface area contributed by atoms with Gasteiger partial charge in [0.15, 0.2) is 0 Å². The molecule has 0 atom stereocenters. The molecule has 124 valence electrons. The van der Waals surface area contributed by atoms with E-state index < -0.39 is 0 Å². The summed E-state index contributed by atoms with van der Waals surface area (Å²) < 4.78 is 0. The molecule has 0 aromatic rings. The number of carbonyl (C=O) groups is 1. The van der Waals surface area contributed by atoms with Gasteiger partial charge in [-0.3, -0.25) is 0 Å². The van der Waals surface area contributed by atoms with Crippen molar-refractivity contribution < 1.29 is 4.79 Å². The van der Waals surface area contributed by atoms with E-state index in [0.29, 0.717) is 0 Å². The molecule has 0 saturated heterocycles. The molecule has 0 N–H and O–H groups in total. The van der Waals surface area contributed by atoms with Crippen LogP contribution in [0.2, 0.25) is 0 Å². The van der Waals surface area contributed by atoms with E-state index in [4.69, 9.17) is 0 Å². The molecule has 0 aromatic carbocycles. The Morgan fingerprint density at radius 3 is 1.33 bits per heavy atom. The van der Waals surface area contributed by atoms with Crippen LogP contribution in [0.1, 0.15) is 110 Å². The predicted molar refractivity (Wildman–Crippen MR) is 94.8 cm³/mol. The second-order valence-corrected chi connectivity index (χ2v) is 6.25. The van der Waals surface area contributed by atoms with Gasteiger partial charge in [0.2, 0.25) is 0 Å². The van der Waals surface area contributed by atoms with Crippen molar-refractivity contribution in [3.63, 3.8) is 0 Å². The lowest BCUT2D eigenvalue weighted by molar-refractivity contribution is -0.107. The lowest BCUT2D eigenvalue weighted by Crippen LogP contribution is -1.81. The summed E-state index contributed by atoms with van der Waals surface area (Å²) >= 11 is 0. The lowest BCUT2D eigenvalue weighted by Gasteiger charge is -2.00. The number of hydrogen-bond donors (Lipinski definition) is 0. The molecule has 1 heteroatoms. The van der Waals surface area contributed by atoms with Crippen molar-refractivity contribution in [1.29, 1.82) is 0 Å². The van der Waals surface area contributed by atoms with Gasteiger partial charge < -0.3 is 4.79 Å². The van der Waals surface area contributed by atoms with Crippen LogP contribution >= 0.6 is 0 Å². The van der Waals surface area contributed by atoms with Crippen LogP contribution in [0.15, 0.2) is 12.2 Å². The molecule has 0 aromatic heterocycles. The summed E-state index contributed by atoms with van der Waals surface area (Å²) in [6.07, 6.45) is 26.6. The zero-order valence-corrected chi connectivity index (χ0v) is 14.5. The van der Waals surface area contributed by atoms with Gasteiger partial charge in [0.25, 0.3) is 0 Å². The van der Waals surface area contributed by atoms with E-state index in [1.165, 1.54) is 89.9 Å². The Kier molecular flexibility index (Phi) is 18.9. The molecule has 0 spiro atoms. The van der Waals surface area contributed by atoms with Crippen molar-refractivity contribution in [2.75, 3.05) is 0 Å². The molecule has 0 rings (SSSR count). The van der Waals surface area contributed by atoms with Gasteiger partial charge in [-0.25, -0.2) is 0 Å². The van der Waals surface area contributed by atoms with E-state index in [-0.39, 0.29) is 0 Å². The number of hydrogen-bond acceptors (Lipinski definition) is 1. The topological polar surface area (TPSA) is 17.1 Å². The van der Waals surface area contributed by atoms with Crippen LogP contribution in [0.3, 0.4) is 0 Å². The second kappa shape index (κ2) is 19.4. The average molecular weight is 295 g/mol. The van der Waals surface area contributed by atoms with Gasteiger partial charge in [-0.2, -0.15) is 0 Å². The Labute approximate surface area is 133 Å². The van der Waals surface area contributed by atoms with Crippen LogP contribution in [0.4, 0.5) is 0 Å². The normalized spacial score (nSPS) is 11.3. The average Bonchev–Trinajstić information content (AvgIpc) is 2.50. The monoisotopic (exact) mass is 294 g/mol. The molecule has 0 aliphatic carbocycles. The third kappa shape index (κ3) is 19.4. The Morgan fingerprint density at radius 1 is 0.524 bits per heavy atom. The first-order chi connectivity index (χ1) is 10.4. The minimum atomic E-state index is 0.753. The maximum absolute atomic E-state index is 10.2. The fourth-order valence-electron chi connectivity index (χ4n) is 2.65. The Morgan fingerprint density at radius 2 is 0.905 bits per heavy atom. The zero-order valence-electron chi connectivity index (χ0n) is 14.5. The van der Waals surface area contributed by atoms with Gasteiger partial charge >= 0.3 is 0 Å². The van der Waals surface area contributed by atoms with E-state index in [0.717, 1.165) is 19.1 Å². The third-order valence-electron chi connectivity index (χ3n) is 4.08. The van der Waals surface area contributed by atoms with Crippen molar-refractivity contribution >= 4 is 6.29 Å². The SMILES string of the molecule is CCCCCCCCC=CCCCCCCCCCC=O. The first-order valence-electron chi connectivity index (χ1n) is 9.50. The quantitative estimate of drug-likeness (QED) is 0.160. The first-order valence-corrected chi connectivity index (χ1v) is 9.50. The highest BCUT2D eigenvalue weighted by atomic mass is 16.1. The van der Waals surface area contributed by atoms with Gasteiger partial charge in [0.1, 0.15) is 6.29 Å². The Hall–Kier alpha value is -0.590. The van der Waals surface area contributed by atoms with Crippen LogP contribution in [0, 0.1) is 0 Å². The van der Waals surface area contributed by atoms with Gasteiger partial charge in [-0.15, -0.1) is 0 Å². The van der Waals surface area contributed by atoms with E-state index in [1.54, 1.807) is 0 Å². The largest absolute Gasteiger partial charge is 0.303 e. The highest BCUT2D eigenvalue weighted by Crippen LogP contribution is 2.10. The van der Waals surface area contributed by atoms with Gasteiger partial charge in [-0.1, -0.05) is 83.3 Å². The number of carbonyl (C=O) groups excluding carboxylic acids is 1. The van der Waals surface area contributed by atoms with Crippen LogP contribution in [0.5, 0.6) is 0 Å². The smallest absolute Gasteiger partial charge is 0.119 e. The van der Waals surface area contributed by atoms with Crippen LogP contribution < -0.4 is 0 Å². The zero-order chi connectivity index (χ0) is 15.4. The van der Waals surface area contributed by atoms with E-state index in [1.807, 2.05) is 0 Å². The van der Waals surface area contributed by atoms with Crippen molar-refractivity contribution in [3.8, 4) is 0 Å². The van der Waals surface area contributed by atoms with E-state index in [9.17, 15) is 4.79 Å². The Balaban J connectivity index is 3.03. The van der Waals surface area contributed by atoms with Gasteiger partial charge in [-0.05, 0) is 32.1 Å². The van der Waals surface area contributed by atoms with Crippen molar-refractivity contribution in [2.24, 2.45) is 0 Å². The molecule has 0 saturated carbocycles. The summed E-state index contributed by atoms with van der Waals surface area (Å²) in [7, 11) is 0. The number of rotatable bonds is 17. The minimum Gasteiger partial charge on any atom is -0.303 e. The molecular weight excluding hydrogens is 256 g/mol. The summed E-state index contributed by atoms with van der Waals surface area (Å²) in [5.41, 5.74) is 0. The molecule has 0 radical (unpaired) electrons. The summed E-state index contributed by atoms with van der Waals surface area (Å²) in [6, 6.07) is 0. The van der Waals surface area contributed by atoms with Crippen LogP contribution in [0.25, 0.3) is 0 Å². The van der Waals surface area contributed by atoms with E-state index >= 15 is 0 Å². The molecule has 21 heavy (non-hydrogen) atoms. The fraction of sp³-hybridized carbons (Fsp3) is 0.850. The highest BCUT2D eigenvalue weighted by molar-refractivity contribution is 5.48. The molecule has 0 aliphatic heterocycles. The maximum Gasteiger partial charge on any atom is 0.119 e. The molecular formula is C20H38O. The second-order valence-electron chi connectivity index (χ2n) is 6.25. The molecule has 0 bridgehead atoms. The molecule has 0 fully saturated rings. The molecule has 0 amide bonds. The number of aldehydes is 1. The molecule has 0 unspecified atom stereocenters. The summed E-state index contributed by atoms with van der Waals surface area (Å²) in [5, 5.41) is 0. The Bertz CT molecular complexity index is 220. The molecule has 1 nitrogen and oxygen atoms in total. The summed E-state index contributed by atoms with van der Waals surface area (Å²) in [4.78, 5) is 10.2. The van der Waals surface area contributed by atoms with Crippen molar-refractivity contribution in [2.45, 2.75) is 110 Å². The third-order valence-corrected chi connectivity index (χ3v) is 4.08. The van der Waals surface area contributed by atoms with Gasteiger partial charge in [0, 0.05) is 6.42 Å². The number of unbranched alkanes of at least 4 members (excludes halogenated alkanes) is 14. The standard InChI is InChI=1S/C20H38O/c1-2-3-4-5-6-7-8-9-10-11-12-13-14-15-16-17-18-19-20-21/h9-10,20H,2-8,11-19H2,1H3. The van der Waals surface area contributed by atoms with Gasteiger partial charge in [0.05, 0.1) is 0 Å². The van der Waals surface area contributed by atoms with Crippen molar-refractivity contribution in [3.05, 3.63) is 12.2 Å². The van der Waals surface area contributed by atoms with Crippen molar-refractivity contribution in [1.82, 2.24) is 0 Å². The minimum absolute atomic E-state index is 0.753. The summed E-state index contributed by atoms with van der Waals surface area (Å²) in [6.45, 7) is 2.27. The maximum atomic E-state index is 10.2. The summed E-state index contributed by atoms with van der Waals surface area (Å²) in [5.74, 6) is 0.